The van der Waals surface area contributed by atoms with E-state index in [1.165, 1.54) is 11.3 Å². The summed E-state index contributed by atoms with van der Waals surface area (Å²) in [6.45, 7) is 3.93. The number of hydrogen-bond acceptors (Lipinski definition) is 10. The second-order valence-corrected chi connectivity index (χ2v) is 8.15. The molecule has 0 radical (unpaired) electrons. The number of aromatic nitrogens is 4. The third kappa shape index (κ3) is 5.29. The number of hydrogen-bond donors (Lipinski definition) is 2. The Kier molecular flexibility index (Phi) is 7.07. The Hall–Kier alpha value is -3.31. The van der Waals surface area contributed by atoms with Crippen molar-refractivity contribution < 1.29 is 14.3 Å². The number of carbonyl (C=O) groups excluding carboxylic acids is 1. The summed E-state index contributed by atoms with van der Waals surface area (Å²) in [4.78, 5) is 15.0. The van der Waals surface area contributed by atoms with Crippen LogP contribution in [-0.2, 0) is 9.53 Å². The predicted octanol–water partition coefficient (Wildman–Crippen LogP) is 2.74. The minimum atomic E-state index is -0.749. The Morgan fingerprint density at radius 1 is 1.22 bits per heavy atom. The van der Waals surface area contributed by atoms with Gasteiger partial charge in [0.2, 0.25) is 10.3 Å². The summed E-state index contributed by atoms with van der Waals surface area (Å²) in [5, 5.41) is 23.7. The summed E-state index contributed by atoms with van der Waals surface area (Å²) >= 11 is 1.29. The highest BCUT2D eigenvalue weighted by molar-refractivity contribution is 7.19. The highest BCUT2D eigenvalue weighted by atomic mass is 32.1. The van der Waals surface area contributed by atoms with Gasteiger partial charge in [0.15, 0.2) is 11.9 Å². The normalized spacial score (nSPS) is 16.6. The predicted molar refractivity (Wildman–Crippen MR) is 122 cm³/mol. The van der Waals surface area contributed by atoms with Crippen LogP contribution in [0.5, 0.6) is 5.75 Å². The number of rotatable bonds is 9. The molecule has 2 aromatic heterocycles. The number of carbonyl (C=O) groups is 1. The van der Waals surface area contributed by atoms with Crippen LogP contribution in [0.25, 0.3) is 0 Å². The maximum Gasteiger partial charge on any atom is 0.259 e. The molecule has 0 aliphatic carbocycles. The molecule has 4 rings (SSSR count). The van der Waals surface area contributed by atoms with Crippen LogP contribution in [0.3, 0.4) is 0 Å². The Labute approximate surface area is 190 Å². The Morgan fingerprint density at radius 3 is 2.75 bits per heavy atom. The van der Waals surface area contributed by atoms with Crippen molar-refractivity contribution in [2.45, 2.75) is 25.5 Å². The van der Waals surface area contributed by atoms with E-state index in [0.717, 1.165) is 30.9 Å². The van der Waals surface area contributed by atoms with Crippen molar-refractivity contribution in [3.63, 3.8) is 0 Å². The van der Waals surface area contributed by atoms with Crippen molar-refractivity contribution in [3.05, 3.63) is 48.2 Å². The standard InChI is InChI=1S/C21H25N7O3S/c1-3-31-18(14-6-8-16(30-2)9-7-14)19(29)24-21-27-26-20(32-21)23-15-10-12-28(13-15)17-5-4-11-22-25-17/h4-9,11,15,18H,3,10,12-13H2,1-2H3,(H,23,26)(H,24,27,29)/t15-,18+/m1/s1. The van der Waals surface area contributed by atoms with Gasteiger partial charge in [0, 0.05) is 31.9 Å². The van der Waals surface area contributed by atoms with Crippen LogP contribution >= 0.6 is 11.3 Å². The number of amides is 1. The first kappa shape index (κ1) is 21.9. The van der Waals surface area contributed by atoms with Gasteiger partial charge in [-0.25, -0.2) is 0 Å². The number of benzene rings is 1. The number of anilines is 3. The van der Waals surface area contributed by atoms with Gasteiger partial charge in [0.1, 0.15) is 5.75 Å². The second-order valence-electron chi connectivity index (χ2n) is 7.17. The molecule has 2 N–H and O–H groups in total. The molecule has 168 valence electrons. The van der Waals surface area contributed by atoms with Gasteiger partial charge in [-0.1, -0.05) is 23.5 Å². The van der Waals surface area contributed by atoms with Gasteiger partial charge in [-0.2, -0.15) is 5.10 Å². The molecular formula is C21H25N7O3S. The monoisotopic (exact) mass is 455 g/mol. The smallest absolute Gasteiger partial charge is 0.259 e. The molecule has 1 aliphatic heterocycles. The first-order chi connectivity index (χ1) is 15.7. The number of nitrogens with zero attached hydrogens (tertiary/aromatic N) is 5. The Bertz CT molecular complexity index is 1020. The van der Waals surface area contributed by atoms with Crippen molar-refractivity contribution in [1.29, 1.82) is 0 Å². The highest BCUT2D eigenvalue weighted by Crippen LogP contribution is 2.27. The van der Waals surface area contributed by atoms with Gasteiger partial charge >= 0.3 is 0 Å². The van der Waals surface area contributed by atoms with Gasteiger partial charge in [0.25, 0.3) is 5.91 Å². The molecule has 1 aromatic carbocycles. The molecule has 2 atom stereocenters. The first-order valence-electron chi connectivity index (χ1n) is 10.4. The number of ether oxygens (including phenoxy) is 2. The molecule has 3 heterocycles. The van der Waals surface area contributed by atoms with Gasteiger partial charge in [-0.3, -0.25) is 10.1 Å². The molecule has 1 fully saturated rings. The molecule has 1 aliphatic rings. The summed E-state index contributed by atoms with van der Waals surface area (Å²) in [6.07, 6.45) is 1.86. The van der Waals surface area contributed by atoms with Crippen LogP contribution in [-0.4, -0.2) is 59.1 Å². The van der Waals surface area contributed by atoms with E-state index < -0.39 is 6.10 Å². The van der Waals surface area contributed by atoms with Crippen LogP contribution in [0.15, 0.2) is 42.6 Å². The van der Waals surface area contributed by atoms with Crippen molar-refractivity contribution in [2.24, 2.45) is 0 Å². The maximum absolute atomic E-state index is 12.8. The van der Waals surface area contributed by atoms with Crippen molar-refractivity contribution in [2.75, 3.05) is 42.3 Å². The van der Waals surface area contributed by atoms with Gasteiger partial charge in [0.05, 0.1) is 7.11 Å². The van der Waals surface area contributed by atoms with Crippen LogP contribution in [0.1, 0.15) is 25.0 Å². The minimum absolute atomic E-state index is 0.212. The van der Waals surface area contributed by atoms with E-state index in [9.17, 15) is 4.79 Å². The Balaban J connectivity index is 1.35. The highest BCUT2D eigenvalue weighted by Gasteiger charge is 2.26. The zero-order chi connectivity index (χ0) is 22.3. The quantitative estimate of drug-likeness (QED) is 0.502. The lowest BCUT2D eigenvalue weighted by atomic mass is 10.1. The third-order valence-corrected chi connectivity index (χ3v) is 5.81. The van der Waals surface area contributed by atoms with E-state index in [1.807, 2.05) is 31.2 Å². The molecule has 0 bridgehead atoms. The number of nitrogens with one attached hydrogen (secondary N) is 2. The molecule has 3 aromatic rings. The fraction of sp³-hybridized carbons (Fsp3) is 0.381. The molecule has 11 heteroatoms. The SMILES string of the molecule is CCO[C@H](C(=O)Nc1nnc(N[C@@H]2CCN(c3cccnn3)C2)s1)c1ccc(OC)cc1. The van der Waals surface area contributed by atoms with E-state index in [4.69, 9.17) is 9.47 Å². The van der Waals surface area contributed by atoms with E-state index >= 15 is 0 Å². The van der Waals surface area contributed by atoms with Crippen LogP contribution in [0, 0.1) is 0 Å². The summed E-state index contributed by atoms with van der Waals surface area (Å²) < 4.78 is 10.9. The van der Waals surface area contributed by atoms with Crippen molar-refractivity contribution >= 4 is 33.3 Å². The second kappa shape index (κ2) is 10.3. The average Bonchev–Trinajstić information content (AvgIpc) is 3.48. The van der Waals surface area contributed by atoms with Gasteiger partial charge in [-0.05, 0) is 43.2 Å². The maximum atomic E-state index is 12.8. The van der Waals surface area contributed by atoms with Gasteiger partial charge in [-0.15, -0.1) is 15.3 Å². The lowest BCUT2D eigenvalue weighted by molar-refractivity contribution is -0.127. The summed E-state index contributed by atoms with van der Waals surface area (Å²) in [7, 11) is 1.60. The van der Waals surface area contributed by atoms with E-state index in [-0.39, 0.29) is 11.9 Å². The largest absolute Gasteiger partial charge is 0.497 e. The fourth-order valence-electron chi connectivity index (χ4n) is 3.49. The topological polar surface area (TPSA) is 114 Å². The summed E-state index contributed by atoms with van der Waals surface area (Å²) in [5.41, 5.74) is 0.739. The minimum Gasteiger partial charge on any atom is -0.497 e. The molecule has 10 nitrogen and oxygen atoms in total. The number of methoxy groups -OCH3 is 1. The molecule has 1 saturated heterocycles. The lowest BCUT2D eigenvalue weighted by Crippen LogP contribution is -2.26. The molecule has 0 saturated carbocycles. The summed E-state index contributed by atoms with van der Waals surface area (Å²) in [6, 6.07) is 11.3. The van der Waals surface area contributed by atoms with Crippen LogP contribution in [0.4, 0.5) is 16.1 Å². The zero-order valence-electron chi connectivity index (χ0n) is 17.9. The molecule has 32 heavy (non-hydrogen) atoms. The fourth-order valence-corrected chi connectivity index (χ4v) is 4.22. The van der Waals surface area contributed by atoms with Crippen LogP contribution < -0.4 is 20.3 Å². The van der Waals surface area contributed by atoms with Crippen LogP contribution in [0.2, 0.25) is 0 Å². The average molecular weight is 456 g/mol. The lowest BCUT2D eigenvalue weighted by Gasteiger charge is -2.16. The van der Waals surface area contributed by atoms with Crippen molar-refractivity contribution in [1.82, 2.24) is 20.4 Å². The molecule has 0 spiro atoms. The van der Waals surface area contributed by atoms with E-state index in [0.29, 0.717) is 22.6 Å². The Morgan fingerprint density at radius 2 is 2.03 bits per heavy atom. The van der Waals surface area contributed by atoms with Gasteiger partial charge < -0.3 is 19.7 Å². The molecular weight excluding hydrogens is 430 g/mol. The molecule has 0 unspecified atom stereocenters. The first-order valence-corrected chi connectivity index (χ1v) is 11.2. The third-order valence-electron chi connectivity index (χ3n) is 5.04. The van der Waals surface area contributed by atoms with E-state index in [1.54, 1.807) is 25.4 Å². The zero-order valence-corrected chi connectivity index (χ0v) is 18.7. The van der Waals surface area contributed by atoms with E-state index in [2.05, 4.69) is 35.9 Å². The summed E-state index contributed by atoms with van der Waals surface area (Å²) in [5.74, 6) is 1.28. The molecule has 1 amide bonds. The van der Waals surface area contributed by atoms with Crippen molar-refractivity contribution in [3.8, 4) is 5.75 Å².